The fourth-order valence-corrected chi connectivity index (χ4v) is 4.18. The highest BCUT2D eigenvalue weighted by Gasteiger charge is 2.35. The molecule has 2 aliphatic rings. The maximum absolute atomic E-state index is 12.5. The number of nitrogen functional groups attached to an aromatic ring is 1. The number of carbonyl (C=O) groups is 2. The number of aromatic nitrogens is 2. The minimum atomic E-state index is -0.125. The zero-order valence-electron chi connectivity index (χ0n) is 15.8. The molecule has 1 aromatic carbocycles. The fraction of sp³-hybridized carbons (Fsp3) is 0.429. The van der Waals surface area contributed by atoms with E-state index in [0.717, 1.165) is 30.6 Å². The smallest absolute Gasteiger partial charge is 0.251 e. The van der Waals surface area contributed by atoms with Crippen molar-refractivity contribution in [3.05, 3.63) is 42.2 Å². The minimum Gasteiger partial charge on any atom is -0.384 e. The Bertz CT molecular complexity index is 861. The van der Waals surface area contributed by atoms with Crippen molar-refractivity contribution in [1.82, 2.24) is 20.2 Å². The van der Waals surface area contributed by atoms with Gasteiger partial charge in [-0.1, -0.05) is 25.0 Å². The minimum absolute atomic E-state index is 0.125. The second kappa shape index (κ2) is 7.96. The monoisotopic (exact) mass is 379 g/mol. The second-order valence-electron chi connectivity index (χ2n) is 7.67. The third kappa shape index (κ3) is 3.98. The van der Waals surface area contributed by atoms with Gasteiger partial charge >= 0.3 is 0 Å². The Kier molecular flexibility index (Phi) is 5.23. The Morgan fingerprint density at radius 3 is 2.64 bits per heavy atom. The van der Waals surface area contributed by atoms with E-state index < -0.39 is 0 Å². The predicted octanol–water partition coefficient (Wildman–Crippen LogP) is 2.25. The molecule has 2 heterocycles. The van der Waals surface area contributed by atoms with Gasteiger partial charge in [0.25, 0.3) is 5.91 Å². The number of nitrogens with zero attached hydrogens (tertiary/aromatic N) is 3. The highest BCUT2D eigenvalue weighted by atomic mass is 16.2. The number of amides is 2. The molecule has 1 saturated carbocycles. The molecule has 1 aliphatic heterocycles. The van der Waals surface area contributed by atoms with Crippen LogP contribution in [-0.2, 0) is 4.79 Å². The van der Waals surface area contributed by atoms with Crippen LogP contribution in [0.1, 0.15) is 42.5 Å². The molecule has 0 bridgehead atoms. The molecule has 4 rings (SSSR count). The van der Waals surface area contributed by atoms with Gasteiger partial charge in [0.15, 0.2) is 0 Å². The summed E-state index contributed by atoms with van der Waals surface area (Å²) < 4.78 is 0. The molecule has 3 N–H and O–H groups in total. The van der Waals surface area contributed by atoms with E-state index in [1.54, 1.807) is 18.2 Å². The van der Waals surface area contributed by atoms with Crippen LogP contribution >= 0.6 is 0 Å². The highest BCUT2D eigenvalue weighted by Crippen LogP contribution is 2.29. The molecule has 2 fully saturated rings. The lowest BCUT2D eigenvalue weighted by Gasteiger charge is -2.24. The van der Waals surface area contributed by atoms with Crippen LogP contribution in [-0.4, -0.2) is 45.8 Å². The van der Waals surface area contributed by atoms with Gasteiger partial charge in [0, 0.05) is 48.7 Å². The number of likely N-dealkylation sites (tertiary alicyclic amines) is 1. The van der Waals surface area contributed by atoms with Crippen LogP contribution in [0.15, 0.2) is 36.7 Å². The molecule has 1 unspecified atom stereocenters. The van der Waals surface area contributed by atoms with Gasteiger partial charge in [-0.05, 0) is 25.0 Å². The Morgan fingerprint density at radius 2 is 1.93 bits per heavy atom. The first-order chi connectivity index (χ1) is 13.6. The van der Waals surface area contributed by atoms with Gasteiger partial charge in [0.05, 0.1) is 5.69 Å². The second-order valence-corrected chi connectivity index (χ2v) is 7.67. The van der Waals surface area contributed by atoms with Crippen molar-refractivity contribution >= 4 is 17.6 Å². The number of anilines is 1. The lowest BCUT2D eigenvalue weighted by molar-refractivity contribution is -0.129. The molecule has 7 nitrogen and oxygen atoms in total. The molecule has 2 aromatic rings. The van der Waals surface area contributed by atoms with E-state index in [2.05, 4.69) is 15.3 Å². The van der Waals surface area contributed by atoms with E-state index in [0.29, 0.717) is 30.4 Å². The van der Waals surface area contributed by atoms with E-state index >= 15 is 0 Å². The molecule has 146 valence electrons. The van der Waals surface area contributed by atoms with Crippen LogP contribution in [0.4, 0.5) is 5.82 Å². The molecule has 1 aliphatic carbocycles. The van der Waals surface area contributed by atoms with Gasteiger partial charge in [-0.2, -0.15) is 0 Å². The zero-order chi connectivity index (χ0) is 19.5. The standard InChI is InChI=1S/C21H25N5O2/c22-19-10-18(24-13-25-19)15-5-7-16(8-6-15)21(28)23-11-14-9-20(27)26(12-14)17-3-1-2-4-17/h5-8,10,13-14,17H,1-4,9,11-12H2,(H,23,28)(H2,22,24,25). The molecular weight excluding hydrogens is 354 g/mol. The maximum Gasteiger partial charge on any atom is 0.251 e. The summed E-state index contributed by atoms with van der Waals surface area (Å²) in [6, 6.07) is 9.34. The summed E-state index contributed by atoms with van der Waals surface area (Å²) in [7, 11) is 0. The Hall–Kier alpha value is -2.96. The third-order valence-electron chi connectivity index (χ3n) is 5.69. The molecule has 1 saturated heterocycles. The first kappa shape index (κ1) is 18.4. The number of carbonyl (C=O) groups excluding carboxylic acids is 2. The summed E-state index contributed by atoms with van der Waals surface area (Å²) >= 11 is 0. The van der Waals surface area contributed by atoms with Crippen LogP contribution in [0.5, 0.6) is 0 Å². The van der Waals surface area contributed by atoms with Crippen LogP contribution in [0.2, 0.25) is 0 Å². The van der Waals surface area contributed by atoms with E-state index in [-0.39, 0.29) is 17.7 Å². The summed E-state index contributed by atoms with van der Waals surface area (Å²) in [6.45, 7) is 1.29. The van der Waals surface area contributed by atoms with Crippen molar-refractivity contribution in [2.24, 2.45) is 5.92 Å². The number of nitrogens with one attached hydrogen (secondary N) is 1. The van der Waals surface area contributed by atoms with Gasteiger partial charge in [-0.25, -0.2) is 9.97 Å². The van der Waals surface area contributed by atoms with E-state index in [1.807, 2.05) is 17.0 Å². The molecule has 0 radical (unpaired) electrons. The average Bonchev–Trinajstić information content (AvgIpc) is 3.36. The summed E-state index contributed by atoms with van der Waals surface area (Å²) in [4.78, 5) is 34.9. The van der Waals surface area contributed by atoms with E-state index in [4.69, 9.17) is 5.73 Å². The summed E-state index contributed by atoms with van der Waals surface area (Å²) in [5.74, 6) is 0.713. The van der Waals surface area contributed by atoms with Gasteiger partial charge in [0.1, 0.15) is 12.1 Å². The fourth-order valence-electron chi connectivity index (χ4n) is 4.18. The quantitative estimate of drug-likeness (QED) is 0.830. The van der Waals surface area contributed by atoms with Crippen LogP contribution in [0, 0.1) is 5.92 Å². The summed E-state index contributed by atoms with van der Waals surface area (Å²) in [5, 5.41) is 2.98. The molecule has 0 spiro atoms. The first-order valence-electron chi connectivity index (χ1n) is 9.86. The predicted molar refractivity (Wildman–Crippen MR) is 106 cm³/mol. The summed E-state index contributed by atoms with van der Waals surface area (Å²) in [6.07, 6.45) is 6.62. The van der Waals surface area contributed by atoms with Gasteiger partial charge in [0.2, 0.25) is 5.91 Å². The van der Waals surface area contributed by atoms with Crippen LogP contribution in [0.25, 0.3) is 11.3 Å². The zero-order valence-corrected chi connectivity index (χ0v) is 15.8. The highest BCUT2D eigenvalue weighted by molar-refractivity contribution is 5.94. The third-order valence-corrected chi connectivity index (χ3v) is 5.69. The molecule has 1 aromatic heterocycles. The van der Waals surface area contributed by atoms with Crippen molar-refractivity contribution in [3.63, 3.8) is 0 Å². The number of nitrogens with two attached hydrogens (primary N) is 1. The van der Waals surface area contributed by atoms with Crippen molar-refractivity contribution in [3.8, 4) is 11.3 Å². The molecule has 28 heavy (non-hydrogen) atoms. The summed E-state index contributed by atoms with van der Waals surface area (Å²) in [5.41, 5.74) is 7.87. The van der Waals surface area contributed by atoms with Crippen LogP contribution < -0.4 is 11.1 Å². The molecule has 1 atom stereocenters. The topological polar surface area (TPSA) is 101 Å². The van der Waals surface area contributed by atoms with Crippen molar-refractivity contribution in [2.45, 2.75) is 38.1 Å². The largest absolute Gasteiger partial charge is 0.384 e. The first-order valence-corrected chi connectivity index (χ1v) is 9.86. The lowest BCUT2D eigenvalue weighted by atomic mass is 10.1. The van der Waals surface area contributed by atoms with Crippen LogP contribution in [0.3, 0.4) is 0 Å². The van der Waals surface area contributed by atoms with Gasteiger partial charge < -0.3 is 16.0 Å². The molecular formula is C21H25N5O2. The Labute approximate surface area is 164 Å². The number of hydrogen-bond donors (Lipinski definition) is 2. The van der Waals surface area contributed by atoms with Gasteiger partial charge in [-0.15, -0.1) is 0 Å². The normalized spacial score (nSPS) is 19.9. The van der Waals surface area contributed by atoms with E-state index in [9.17, 15) is 9.59 Å². The average molecular weight is 379 g/mol. The van der Waals surface area contributed by atoms with E-state index in [1.165, 1.54) is 19.2 Å². The molecule has 2 amide bonds. The number of rotatable bonds is 5. The van der Waals surface area contributed by atoms with Crippen molar-refractivity contribution in [2.75, 3.05) is 18.8 Å². The van der Waals surface area contributed by atoms with Crippen molar-refractivity contribution in [1.29, 1.82) is 0 Å². The SMILES string of the molecule is Nc1cc(-c2ccc(C(=O)NCC3CC(=O)N(C4CCCC4)C3)cc2)ncn1. The maximum atomic E-state index is 12.5. The van der Waals surface area contributed by atoms with Crippen molar-refractivity contribution < 1.29 is 9.59 Å². The Morgan fingerprint density at radius 1 is 1.18 bits per heavy atom. The number of hydrogen-bond acceptors (Lipinski definition) is 5. The molecule has 7 heteroatoms. The lowest BCUT2D eigenvalue weighted by Crippen LogP contribution is -2.36. The number of benzene rings is 1. The van der Waals surface area contributed by atoms with Gasteiger partial charge in [-0.3, -0.25) is 9.59 Å². The Balaban J connectivity index is 1.32.